The van der Waals surface area contributed by atoms with Crippen molar-refractivity contribution in [3.05, 3.63) is 52.0 Å². The van der Waals surface area contributed by atoms with Crippen LogP contribution in [-0.4, -0.2) is 27.5 Å². The summed E-state index contributed by atoms with van der Waals surface area (Å²) in [5.41, 5.74) is 2.07. The summed E-state index contributed by atoms with van der Waals surface area (Å²) >= 11 is 1.28. The van der Waals surface area contributed by atoms with Gasteiger partial charge < -0.3 is 5.11 Å². The summed E-state index contributed by atoms with van der Waals surface area (Å²) in [4.78, 5) is 17.7. The van der Waals surface area contributed by atoms with Crippen LogP contribution in [0.5, 0.6) is 0 Å². The summed E-state index contributed by atoms with van der Waals surface area (Å²) < 4.78 is 0. The molecule has 4 nitrogen and oxygen atoms in total. The molecule has 0 fully saturated rings. The van der Waals surface area contributed by atoms with Crippen LogP contribution >= 0.6 is 11.3 Å². The Balaban J connectivity index is 2.07. The Kier molecular flexibility index (Phi) is 4.65. The van der Waals surface area contributed by atoms with Gasteiger partial charge in [0, 0.05) is 25.5 Å². The van der Waals surface area contributed by atoms with Crippen molar-refractivity contribution in [3.63, 3.8) is 0 Å². The number of pyridine rings is 1. The third-order valence-electron chi connectivity index (χ3n) is 2.94. The Morgan fingerprint density at radius 3 is 2.68 bits per heavy atom. The monoisotopic (exact) mass is 276 g/mol. The molecule has 0 aromatic carbocycles. The number of carboxylic acids is 1. The van der Waals surface area contributed by atoms with E-state index in [0.29, 0.717) is 11.4 Å². The van der Waals surface area contributed by atoms with E-state index in [0.717, 1.165) is 18.7 Å². The smallest absolute Gasteiger partial charge is 0.346 e. The van der Waals surface area contributed by atoms with Gasteiger partial charge in [-0.3, -0.25) is 9.88 Å². The fraction of sp³-hybridized carbons (Fsp3) is 0.286. The number of carboxylic acid groups (broad SMARTS) is 1. The maximum absolute atomic E-state index is 11.1. The molecule has 19 heavy (non-hydrogen) atoms. The SMILES string of the molecule is CCN(Cc1ccncc1)Cc1ccsc1C(=O)O. The van der Waals surface area contributed by atoms with Crippen LogP contribution in [0.3, 0.4) is 0 Å². The lowest BCUT2D eigenvalue weighted by atomic mass is 10.2. The normalized spacial score (nSPS) is 10.8. The molecule has 2 rings (SSSR count). The maximum atomic E-state index is 11.1. The highest BCUT2D eigenvalue weighted by Gasteiger charge is 2.14. The zero-order chi connectivity index (χ0) is 13.7. The second kappa shape index (κ2) is 6.45. The molecule has 2 heterocycles. The Bertz CT molecular complexity index is 539. The highest BCUT2D eigenvalue weighted by atomic mass is 32.1. The van der Waals surface area contributed by atoms with Gasteiger partial charge in [0.1, 0.15) is 4.88 Å². The van der Waals surface area contributed by atoms with Crippen LogP contribution < -0.4 is 0 Å². The molecule has 2 aromatic heterocycles. The van der Waals surface area contributed by atoms with Gasteiger partial charge in [-0.2, -0.15) is 0 Å². The molecule has 0 unspecified atom stereocenters. The van der Waals surface area contributed by atoms with E-state index >= 15 is 0 Å². The fourth-order valence-corrected chi connectivity index (χ4v) is 2.67. The third-order valence-corrected chi connectivity index (χ3v) is 3.88. The highest BCUT2D eigenvalue weighted by molar-refractivity contribution is 7.12. The van der Waals surface area contributed by atoms with E-state index in [9.17, 15) is 4.79 Å². The van der Waals surface area contributed by atoms with Crippen LogP contribution in [0.1, 0.15) is 27.7 Å². The average molecular weight is 276 g/mol. The van der Waals surface area contributed by atoms with Crippen molar-refractivity contribution in [2.24, 2.45) is 0 Å². The van der Waals surface area contributed by atoms with Gasteiger partial charge >= 0.3 is 5.97 Å². The molecule has 0 aliphatic carbocycles. The molecule has 0 atom stereocenters. The van der Waals surface area contributed by atoms with Gasteiger partial charge in [0.15, 0.2) is 0 Å². The fourth-order valence-electron chi connectivity index (χ4n) is 1.91. The molecule has 100 valence electrons. The largest absolute Gasteiger partial charge is 0.477 e. The molecule has 5 heteroatoms. The standard InChI is InChI=1S/C14H16N2O2S/c1-2-16(9-11-3-6-15-7-4-11)10-12-5-8-19-13(12)14(17)18/h3-8H,2,9-10H2,1H3,(H,17,18). The molecule has 0 bridgehead atoms. The molecule has 0 radical (unpaired) electrons. The first-order valence-electron chi connectivity index (χ1n) is 6.11. The van der Waals surface area contributed by atoms with Gasteiger partial charge in [-0.05, 0) is 41.3 Å². The summed E-state index contributed by atoms with van der Waals surface area (Å²) in [7, 11) is 0. The van der Waals surface area contributed by atoms with Crippen LogP contribution in [0.2, 0.25) is 0 Å². The summed E-state index contributed by atoms with van der Waals surface area (Å²) in [5.74, 6) is -0.843. The first-order chi connectivity index (χ1) is 9.20. The van der Waals surface area contributed by atoms with Crippen LogP contribution in [0.4, 0.5) is 0 Å². The van der Waals surface area contributed by atoms with Gasteiger partial charge in [0.2, 0.25) is 0 Å². The van der Waals surface area contributed by atoms with E-state index in [1.165, 1.54) is 16.9 Å². The maximum Gasteiger partial charge on any atom is 0.346 e. The molecule has 0 spiro atoms. The number of rotatable bonds is 6. The summed E-state index contributed by atoms with van der Waals surface area (Å²) in [6, 6.07) is 5.85. The second-order valence-electron chi connectivity index (χ2n) is 4.24. The van der Waals surface area contributed by atoms with E-state index in [1.54, 1.807) is 12.4 Å². The van der Waals surface area contributed by atoms with E-state index in [4.69, 9.17) is 5.11 Å². The summed E-state index contributed by atoms with van der Waals surface area (Å²) in [6.45, 7) is 4.41. The zero-order valence-corrected chi connectivity index (χ0v) is 11.6. The predicted octanol–water partition coefficient (Wildman–Crippen LogP) is 2.86. The second-order valence-corrected chi connectivity index (χ2v) is 5.15. The predicted molar refractivity (Wildman–Crippen MR) is 75.3 cm³/mol. The molecule has 0 amide bonds. The molecule has 1 N–H and O–H groups in total. The van der Waals surface area contributed by atoms with Crippen LogP contribution in [0.25, 0.3) is 0 Å². The average Bonchev–Trinajstić information content (AvgIpc) is 2.87. The minimum absolute atomic E-state index is 0.438. The Hall–Kier alpha value is -1.72. The van der Waals surface area contributed by atoms with Gasteiger partial charge in [0.25, 0.3) is 0 Å². The van der Waals surface area contributed by atoms with Crippen molar-refractivity contribution in [1.29, 1.82) is 0 Å². The quantitative estimate of drug-likeness (QED) is 0.881. The number of aromatic carboxylic acids is 1. The molecular weight excluding hydrogens is 260 g/mol. The van der Waals surface area contributed by atoms with Crippen LogP contribution in [-0.2, 0) is 13.1 Å². The van der Waals surface area contributed by atoms with Crippen molar-refractivity contribution < 1.29 is 9.90 Å². The van der Waals surface area contributed by atoms with E-state index < -0.39 is 5.97 Å². The lowest BCUT2D eigenvalue weighted by Gasteiger charge is -2.20. The summed E-state index contributed by atoms with van der Waals surface area (Å²) in [5, 5.41) is 10.9. The van der Waals surface area contributed by atoms with Crippen LogP contribution in [0, 0.1) is 0 Å². The molecule has 0 aliphatic heterocycles. The molecular formula is C14H16N2O2S. The van der Waals surface area contributed by atoms with E-state index in [2.05, 4.69) is 16.8 Å². The molecule has 0 saturated carbocycles. The summed E-state index contributed by atoms with van der Waals surface area (Å²) in [6.07, 6.45) is 3.55. The number of carbonyl (C=O) groups is 1. The topological polar surface area (TPSA) is 53.4 Å². The lowest BCUT2D eigenvalue weighted by molar-refractivity contribution is 0.0700. The first kappa shape index (κ1) is 13.7. The Morgan fingerprint density at radius 1 is 1.32 bits per heavy atom. The van der Waals surface area contributed by atoms with Gasteiger partial charge in [-0.15, -0.1) is 11.3 Å². The lowest BCUT2D eigenvalue weighted by Crippen LogP contribution is -2.23. The number of hydrogen-bond donors (Lipinski definition) is 1. The zero-order valence-electron chi connectivity index (χ0n) is 10.7. The van der Waals surface area contributed by atoms with Crippen molar-refractivity contribution in [3.8, 4) is 0 Å². The molecule has 0 aliphatic rings. The number of nitrogens with zero attached hydrogens (tertiary/aromatic N) is 2. The highest BCUT2D eigenvalue weighted by Crippen LogP contribution is 2.19. The molecule has 2 aromatic rings. The van der Waals surface area contributed by atoms with Crippen molar-refractivity contribution in [1.82, 2.24) is 9.88 Å². The van der Waals surface area contributed by atoms with E-state index in [-0.39, 0.29) is 0 Å². The van der Waals surface area contributed by atoms with Gasteiger partial charge in [0.05, 0.1) is 0 Å². The van der Waals surface area contributed by atoms with Crippen molar-refractivity contribution >= 4 is 17.3 Å². The minimum atomic E-state index is -0.843. The number of aromatic nitrogens is 1. The Morgan fingerprint density at radius 2 is 2.05 bits per heavy atom. The number of hydrogen-bond acceptors (Lipinski definition) is 4. The van der Waals surface area contributed by atoms with Crippen LogP contribution in [0.15, 0.2) is 36.0 Å². The van der Waals surface area contributed by atoms with Gasteiger partial charge in [-0.25, -0.2) is 4.79 Å². The third kappa shape index (κ3) is 3.62. The molecule has 0 saturated heterocycles. The van der Waals surface area contributed by atoms with Crippen molar-refractivity contribution in [2.75, 3.05) is 6.54 Å². The van der Waals surface area contributed by atoms with Gasteiger partial charge in [-0.1, -0.05) is 6.92 Å². The Labute approximate surface area is 116 Å². The number of thiophene rings is 1. The first-order valence-corrected chi connectivity index (χ1v) is 6.99. The van der Waals surface area contributed by atoms with E-state index in [1.807, 2.05) is 23.6 Å². The van der Waals surface area contributed by atoms with Crippen molar-refractivity contribution in [2.45, 2.75) is 20.0 Å². The minimum Gasteiger partial charge on any atom is -0.477 e.